The van der Waals surface area contributed by atoms with Crippen LogP contribution in [0.15, 0.2) is 0 Å². The van der Waals surface area contributed by atoms with Crippen LogP contribution in [0.25, 0.3) is 0 Å². The van der Waals surface area contributed by atoms with Gasteiger partial charge in [0.2, 0.25) is 0 Å². The molecular weight excluding hydrogens is 212 g/mol. The normalized spacial score (nSPS) is 32.5. The van der Waals surface area contributed by atoms with Gasteiger partial charge in [0, 0.05) is 25.2 Å². The van der Waals surface area contributed by atoms with Gasteiger partial charge >= 0.3 is 0 Å². The van der Waals surface area contributed by atoms with E-state index in [-0.39, 0.29) is 0 Å². The molecule has 3 heteroatoms. The van der Waals surface area contributed by atoms with E-state index in [1.165, 1.54) is 32.2 Å². The van der Waals surface area contributed by atoms with E-state index in [0.717, 1.165) is 13.2 Å². The highest BCUT2D eigenvalue weighted by Crippen LogP contribution is 2.28. The smallest absolute Gasteiger partial charge is 0.0730 e. The van der Waals surface area contributed by atoms with E-state index in [9.17, 15) is 0 Å². The van der Waals surface area contributed by atoms with Gasteiger partial charge in [-0.3, -0.25) is 4.90 Å². The third kappa shape index (κ3) is 3.21. The molecule has 1 saturated heterocycles. The Bertz CT molecular complexity index is 230. The second-order valence-corrected chi connectivity index (χ2v) is 5.90. The Kier molecular flexibility index (Phi) is 4.83. The molecule has 1 saturated carbocycles. The number of fused-ring (bicyclic) bond motifs is 1. The molecule has 3 nitrogen and oxygen atoms in total. The van der Waals surface area contributed by atoms with Crippen LogP contribution in [0, 0.1) is 5.92 Å². The molecule has 3 atom stereocenters. The third-order valence-electron chi connectivity index (χ3n) is 4.45. The molecule has 1 N–H and O–H groups in total. The minimum absolute atomic E-state index is 0.516. The largest absolute Gasteiger partial charge is 0.375 e. The summed E-state index contributed by atoms with van der Waals surface area (Å²) in [5.41, 5.74) is 0. The highest BCUT2D eigenvalue weighted by Gasteiger charge is 2.35. The number of nitrogens with zero attached hydrogens (tertiary/aromatic N) is 1. The molecule has 2 aliphatic rings. The molecule has 0 radical (unpaired) electrons. The number of ether oxygens (including phenoxy) is 1. The summed E-state index contributed by atoms with van der Waals surface area (Å²) < 4.78 is 5.93. The molecule has 1 aliphatic carbocycles. The number of hydrogen-bond acceptors (Lipinski definition) is 3. The monoisotopic (exact) mass is 240 g/mol. The van der Waals surface area contributed by atoms with Crippen molar-refractivity contribution in [2.75, 3.05) is 26.7 Å². The van der Waals surface area contributed by atoms with E-state index >= 15 is 0 Å². The van der Waals surface area contributed by atoms with E-state index in [1.807, 2.05) is 0 Å². The molecule has 0 aromatic carbocycles. The fourth-order valence-corrected chi connectivity index (χ4v) is 3.29. The molecule has 0 spiro atoms. The minimum atomic E-state index is 0.516. The van der Waals surface area contributed by atoms with Gasteiger partial charge in [-0.15, -0.1) is 0 Å². The van der Waals surface area contributed by atoms with Crippen LogP contribution in [0.2, 0.25) is 0 Å². The average molecular weight is 240 g/mol. The molecule has 0 amide bonds. The Morgan fingerprint density at radius 3 is 2.76 bits per heavy atom. The quantitative estimate of drug-likeness (QED) is 0.812. The summed E-state index contributed by atoms with van der Waals surface area (Å²) in [5, 5.41) is 3.46. The van der Waals surface area contributed by atoms with Crippen LogP contribution in [-0.4, -0.2) is 49.8 Å². The molecule has 0 aromatic rings. The standard InChI is InChI=1S/C14H28N2O/c1-11(2)12(15-3)10-16-8-9-17-14-7-5-4-6-13(14)16/h11-15H,4-10H2,1-3H3. The number of rotatable bonds is 4. The van der Waals surface area contributed by atoms with Crippen molar-refractivity contribution < 1.29 is 4.74 Å². The SMILES string of the molecule is CNC(CN1CCOC2CCCCC21)C(C)C. The van der Waals surface area contributed by atoms with Crippen molar-refractivity contribution >= 4 is 0 Å². The van der Waals surface area contributed by atoms with Crippen LogP contribution >= 0.6 is 0 Å². The lowest BCUT2D eigenvalue weighted by Crippen LogP contribution is -2.56. The Morgan fingerprint density at radius 1 is 1.29 bits per heavy atom. The van der Waals surface area contributed by atoms with Crippen molar-refractivity contribution in [2.24, 2.45) is 5.92 Å². The predicted molar refractivity (Wildman–Crippen MR) is 71.3 cm³/mol. The molecule has 1 heterocycles. The lowest BCUT2D eigenvalue weighted by molar-refractivity contribution is -0.0910. The van der Waals surface area contributed by atoms with Crippen molar-refractivity contribution in [1.82, 2.24) is 10.2 Å². The Balaban J connectivity index is 1.94. The Labute approximate surface area is 106 Å². The van der Waals surface area contributed by atoms with Gasteiger partial charge < -0.3 is 10.1 Å². The summed E-state index contributed by atoms with van der Waals surface area (Å²) in [7, 11) is 2.09. The van der Waals surface area contributed by atoms with Gasteiger partial charge in [0.05, 0.1) is 12.7 Å². The molecule has 2 rings (SSSR count). The van der Waals surface area contributed by atoms with Gasteiger partial charge in [0.25, 0.3) is 0 Å². The van der Waals surface area contributed by atoms with Crippen molar-refractivity contribution in [3.05, 3.63) is 0 Å². The second kappa shape index (κ2) is 6.17. The van der Waals surface area contributed by atoms with Crippen molar-refractivity contribution in [3.63, 3.8) is 0 Å². The van der Waals surface area contributed by atoms with Crippen LogP contribution in [0.4, 0.5) is 0 Å². The summed E-state index contributed by atoms with van der Waals surface area (Å²) in [6.45, 7) is 7.83. The summed E-state index contributed by atoms with van der Waals surface area (Å²) >= 11 is 0. The van der Waals surface area contributed by atoms with Gasteiger partial charge in [0.15, 0.2) is 0 Å². The summed E-state index contributed by atoms with van der Waals surface area (Å²) in [5.74, 6) is 0.699. The number of morpholine rings is 1. The van der Waals surface area contributed by atoms with Crippen LogP contribution < -0.4 is 5.32 Å². The van der Waals surface area contributed by atoms with Gasteiger partial charge in [-0.2, -0.15) is 0 Å². The first-order valence-corrected chi connectivity index (χ1v) is 7.25. The molecule has 0 bridgehead atoms. The van der Waals surface area contributed by atoms with Gasteiger partial charge in [0.1, 0.15) is 0 Å². The molecule has 100 valence electrons. The van der Waals surface area contributed by atoms with E-state index in [2.05, 4.69) is 31.1 Å². The number of nitrogens with one attached hydrogen (secondary N) is 1. The highest BCUT2D eigenvalue weighted by atomic mass is 16.5. The maximum atomic E-state index is 5.93. The molecule has 2 fully saturated rings. The summed E-state index contributed by atoms with van der Waals surface area (Å²) in [6.07, 6.45) is 5.86. The predicted octanol–water partition coefficient (Wildman–Crippen LogP) is 1.87. The van der Waals surface area contributed by atoms with Gasteiger partial charge in [-0.25, -0.2) is 0 Å². The van der Waals surface area contributed by atoms with Crippen LogP contribution in [0.3, 0.4) is 0 Å². The molecule has 1 aliphatic heterocycles. The fourth-order valence-electron chi connectivity index (χ4n) is 3.29. The maximum Gasteiger partial charge on any atom is 0.0730 e. The fraction of sp³-hybridized carbons (Fsp3) is 1.00. The first kappa shape index (κ1) is 13.3. The van der Waals surface area contributed by atoms with Crippen molar-refractivity contribution in [3.8, 4) is 0 Å². The van der Waals surface area contributed by atoms with E-state index in [1.54, 1.807) is 0 Å². The second-order valence-electron chi connectivity index (χ2n) is 5.90. The lowest BCUT2D eigenvalue weighted by atomic mass is 9.89. The lowest BCUT2D eigenvalue weighted by Gasteiger charge is -2.45. The first-order chi connectivity index (χ1) is 8.22. The van der Waals surface area contributed by atoms with Crippen LogP contribution in [0.5, 0.6) is 0 Å². The minimum Gasteiger partial charge on any atom is -0.375 e. The Morgan fingerprint density at radius 2 is 2.06 bits per heavy atom. The van der Waals surface area contributed by atoms with Crippen LogP contribution in [0.1, 0.15) is 39.5 Å². The van der Waals surface area contributed by atoms with Crippen molar-refractivity contribution in [1.29, 1.82) is 0 Å². The van der Waals surface area contributed by atoms with Crippen molar-refractivity contribution in [2.45, 2.75) is 57.7 Å². The highest BCUT2D eigenvalue weighted by molar-refractivity contribution is 4.89. The van der Waals surface area contributed by atoms with Crippen LogP contribution in [-0.2, 0) is 4.74 Å². The molecule has 3 unspecified atom stereocenters. The van der Waals surface area contributed by atoms with E-state index < -0.39 is 0 Å². The topological polar surface area (TPSA) is 24.5 Å². The Hall–Kier alpha value is -0.120. The van der Waals surface area contributed by atoms with E-state index in [0.29, 0.717) is 24.1 Å². The summed E-state index contributed by atoms with van der Waals surface area (Å²) in [6, 6.07) is 1.29. The number of hydrogen-bond donors (Lipinski definition) is 1. The maximum absolute atomic E-state index is 5.93. The first-order valence-electron chi connectivity index (χ1n) is 7.25. The zero-order valence-electron chi connectivity index (χ0n) is 11.6. The summed E-state index contributed by atoms with van der Waals surface area (Å²) in [4.78, 5) is 2.68. The average Bonchev–Trinajstić information content (AvgIpc) is 2.35. The third-order valence-corrected chi connectivity index (χ3v) is 4.45. The zero-order valence-corrected chi connectivity index (χ0v) is 11.6. The molecule has 0 aromatic heterocycles. The van der Waals surface area contributed by atoms with Gasteiger partial charge in [-0.1, -0.05) is 26.7 Å². The zero-order chi connectivity index (χ0) is 12.3. The molecule has 17 heavy (non-hydrogen) atoms. The van der Waals surface area contributed by atoms with E-state index in [4.69, 9.17) is 4.74 Å². The number of likely N-dealkylation sites (N-methyl/N-ethyl adjacent to an activating group) is 1. The van der Waals surface area contributed by atoms with Gasteiger partial charge in [-0.05, 0) is 25.8 Å². The molecular formula is C14H28N2O.